The van der Waals surface area contributed by atoms with Crippen molar-refractivity contribution in [2.45, 2.75) is 19.9 Å². The number of aromatic nitrogens is 1. The average molecular weight is 290 g/mol. The lowest BCUT2D eigenvalue weighted by molar-refractivity contribution is 0.299. The Morgan fingerprint density at radius 3 is 2.55 bits per heavy atom. The smallest absolute Gasteiger partial charge is 0.229 e. The second-order valence-corrected chi connectivity index (χ2v) is 5.41. The highest BCUT2D eigenvalue weighted by Crippen LogP contribution is 2.23. The van der Waals surface area contributed by atoms with Gasteiger partial charge in [0, 0.05) is 29.9 Å². The van der Waals surface area contributed by atoms with Crippen molar-refractivity contribution in [1.29, 1.82) is 0 Å². The number of hydrogen-bond acceptors (Lipinski definition) is 6. The summed E-state index contributed by atoms with van der Waals surface area (Å²) in [6.45, 7) is 4.97. The zero-order valence-electron chi connectivity index (χ0n) is 11.6. The van der Waals surface area contributed by atoms with Gasteiger partial charge in [-0.25, -0.2) is 4.98 Å². The topological polar surface area (TPSA) is 61.1 Å². The van der Waals surface area contributed by atoms with Crippen molar-refractivity contribution in [2.24, 2.45) is 10.2 Å². The molecule has 1 aromatic heterocycles. The van der Waals surface area contributed by atoms with Gasteiger partial charge in [-0.1, -0.05) is 0 Å². The van der Waals surface area contributed by atoms with Gasteiger partial charge in [-0.3, -0.25) is 0 Å². The molecule has 5 nitrogen and oxygen atoms in total. The predicted octanol–water partition coefficient (Wildman–Crippen LogP) is 3.77. The number of azo groups is 1. The summed E-state index contributed by atoms with van der Waals surface area (Å²) in [5.74, 6) is 0. The van der Waals surface area contributed by atoms with E-state index in [2.05, 4.69) is 34.0 Å². The van der Waals surface area contributed by atoms with Gasteiger partial charge in [0.25, 0.3) is 0 Å². The molecule has 0 bridgehead atoms. The molecule has 0 atom stereocenters. The standard InChI is InChI=1S/C14H18N4OS/c1-11(2)18(8-9-19)13-5-3-12(4-6-13)16-17-14-15-7-10-20-14/h3-7,10-11,19H,8-9H2,1-2H3. The minimum Gasteiger partial charge on any atom is -0.395 e. The number of benzene rings is 1. The summed E-state index contributed by atoms with van der Waals surface area (Å²) in [6, 6.07) is 8.15. The van der Waals surface area contributed by atoms with Crippen LogP contribution in [0.15, 0.2) is 46.1 Å². The van der Waals surface area contributed by atoms with Gasteiger partial charge < -0.3 is 10.0 Å². The zero-order chi connectivity index (χ0) is 14.4. The number of aliphatic hydroxyl groups is 1. The van der Waals surface area contributed by atoms with Crippen molar-refractivity contribution in [3.05, 3.63) is 35.8 Å². The van der Waals surface area contributed by atoms with E-state index in [4.69, 9.17) is 5.11 Å². The maximum absolute atomic E-state index is 9.11. The predicted molar refractivity (Wildman–Crippen MR) is 82.3 cm³/mol. The summed E-state index contributed by atoms with van der Waals surface area (Å²) in [6.07, 6.45) is 1.71. The molecule has 0 aliphatic carbocycles. The fraction of sp³-hybridized carbons (Fsp3) is 0.357. The Morgan fingerprint density at radius 1 is 1.25 bits per heavy atom. The number of thiazole rings is 1. The molecule has 1 heterocycles. The molecule has 6 heteroatoms. The van der Waals surface area contributed by atoms with Crippen LogP contribution >= 0.6 is 11.3 Å². The first-order valence-corrected chi connectivity index (χ1v) is 7.37. The lowest BCUT2D eigenvalue weighted by Gasteiger charge is -2.28. The summed E-state index contributed by atoms with van der Waals surface area (Å²) in [5, 5.41) is 19.8. The van der Waals surface area contributed by atoms with Crippen molar-refractivity contribution in [1.82, 2.24) is 4.98 Å². The minimum atomic E-state index is 0.143. The minimum absolute atomic E-state index is 0.143. The van der Waals surface area contributed by atoms with Gasteiger partial charge in [-0.15, -0.1) is 21.6 Å². The molecule has 0 radical (unpaired) electrons. The zero-order valence-corrected chi connectivity index (χ0v) is 12.4. The third-order valence-electron chi connectivity index (χ3n) is 2.82. The summed E-state index contributed by atoms with van der Waals surface area (Å²) in [7, 11) is 0. The average Bonchev–Trinajstić information content (AvgIpc) is 2.96. The maximum Gasteiger partial charge on any atom is 0.229 e. The molecule has 0 saturated heterocycles. The highest BCUT2D eigenvalue weighted by atomic mass is 32.1. The van der Waals surface area contributed by atoms with Crippen molar-refractivity contribution in [2.75, 3.05) is 18.1 Å². The Kier molecular flexibility index (Phi) is 5.20. The Morgan fingerprint density at radius 2 is 2.00 bits per heavy atom. The molecule has 0 unspecified atom stereocenters. The van der Waals surface area contributed by atoms with Crippen LogP contribution < -0.4 is 4.90 Å². The SMILES string of the molecule is CC(C)N(CCO)c1ccc(N=Nc2nccs2)cc1. The van der Waals surface area contributed by atoms with Crippen LogP contribution in [0.5, 0.6) is 0 Å². The Hall–Kier alpha value is -1.79. The van der Waals surface area contributed by atoms with Crippen LogP contribution in [0.1, 0.15) is 13.8 Å². The number of rotatable bonds is 6. The highest BCUT2D eigenvalue weighted by Gasteiger charge is 2.09. The first kappa shape index (κ1) is 14.6. The van der Waals surface area contributed by atoms with Gasteiger partial charge >= 0.3 is 0 Å². The number of anilines is 1. The van der Waals surface area contributed by atoms with Crippen LogP contribution in [-0.2, 0) is 0 Å². The van der Waals surface area contributed by atoms with Crippen LogP contribution in [0, 0.1) is 0 Å². The molecule has 1 N–H and O–H groups in total. The number of aliphatic hydroxyl groups excluding tert-OH is 1. The first-order valence-electron chi connectivity index (χ1n) is 6.49. The molecule has 0 aliphatic rings. The molecule has 0 spiro atoms. The number of hydrogen-bond donors (Lipinski definition) is 1. The van der Waals surface area contributed by atoms with Crippen molar-refractivity contribution >= 4 is 27.8 Å². The molecule has 0 fully saturated rings. The van der Waals surface area contributed by atoms with E-state index < -0.39 is 0 Å². The van der Waals surface area contributed by atoms with Crippen LogP contribution in [0.4, 0.5) is 16.5 Å². The fourth-order valence-electron chi connectivity index (χ4n) is 1.87. The molecule has 20 heavy (non-hydrogen) atoms. The van der Waals surface area contributed by atoms with Crippen LogP contribution in [0.25, 0.3) is 0 Å². The van der Waals surface area contributed by atoms with Gasteiger partial charge in [0.05, 0.1) is 12.3 Å². The van der Waals surface area contributed by atoms with E-state index in [1.807, 2.05) is 29.6 Å². The molecule has 106 valence electrons. The van der Waals surface area contributed by atoms with E-state index in [0.29, 0.717) is 17.7 Å². The van der Waals surface area contributed by atoms with Gasteiger partial charge in [0.2, 0.25) is 5.13 Å². The van der Waals surface area contributed by atoms with Crippen molar-refractivity contribution < 1.29 is 5.11 Å². The Labute approximate surface area is 122 Å². The molecular formula is C14H18N4OS. The molecule has 0 aliphatic heterocycles. The lowest BCUT2D eigenvalue weighted by atomic mass is 10.2. The van der Waals surface area contributed by atoms with E-state index in [1.54, 1.807) is 6.20 Å². The van der Waals surface area contributed by atoms with Crippen LogP contribution in [-0.4, -0.2) is 29.3 Å². The summed E-state index contributed by atoms with van der Waals surface area (Å²) in [5.41, 5.74) is 1.86. The summed E-state index contributed by atoms with van der Waals surface area (Å²) < 4.78 is 0. The Bertz CT molecular complexity index is 537. The van der Waals surface area contributed by atoms with E-state index in [1.165, 1.54) is 11.3 Å². The largest absolute Gasteiger partial charge is 0.395 e. The lowest BCUT2D eigenvalue weighted by Crippen LogP contribution is -2.33. The van der Waals surface area contributed by atoms with Crippen LogP contribution in [0.3, 0.4) is 0 Å². The van der Waals surface area contributed by atoms with E-state index in [-0.39, 0.29) is 6.61 Å². The summed E-state index contributed by atoms with van der Waals surface area (Å²) >= 11 is 1.45. The normalized spacial score (nSPS) is 11.4. The van der Waals surface area contributed by atoms with Gasteiger partial charge in [0.1, 0.15) is 0 Å². The monoisotopic (exact) mass is 290 g/mol. The molecule has 2 rings (SSSR count). The molecular weight excluding hydrogens is 272 g/mol. The quantitative estimate of drug-likeness (QED) is 0.824. The highest BCUT2D eigenvalue weighted by molar-refractivity contribution is 7.13. The molecule has 0 amide bonds. The van der Waals surface area contributed by atoms with E-state index in [9.17, 15) is 0 Å². The van der Waals surface area contributed by atoms with Gasteiger partial charge in [-0.2, -0.15) is 0 Å². The third-order valence-corrected chi connectivity index (χ3v) is 3.47. The molecule has 1 aromatic carbocycles. The van der Waals surface area contributed by atoms with Gasteiger partial charge in [-0.05, 0) is 38.1 Å². The number of nitrogens with zero attached hydrogens (tertiary/aromatic N) is 4. The molecule has 2 aromatic rings. The molecule has 0 saturated carbocycles. The Balaban J connectivity index is 2.09. The fourth-order valence-corrected chi connectivity index (χ4v) is 2.32. The second-order valence-electron chi connectivity index (χ2n) is 4.54. The maximum atomic E-state index is 9.11. The van der Waals surface area contributed by atoms with Gasteiger partial charge in [0.15, 0.2) is 0 Å². The van der Waals surface area contributed by atoms with Crippen LogP contribution in [0.2, 0.25) is 0 Å². The first-order chi connectivity index (χ1) is 9.70. The second kappa shape index (κ2) is 7.12. The third kappa shape index (κ3) is 3.85. The summed E-state index contributed by atoms with van der Waals surface area (Å²) in [4.78, 5) is 6.19. The van der Waals surface area contributed by atoms with Crippen molar-refractivity contribution in [3.8, 4) is 0 Å². The van der Waals surface area contributed by atoms with E-state index >= 15 is 0 Å². The van der Waals surface area contributed by atoms with Crippen molar-refractivity contribution in [3.63, 3.8) is 0 Å². The van der Waals surface area contributed by atoms with E-state index in [0.717, 1.165) is 11.4 Å².